The fourth-order valence-corrected chi connectivity index (χ4v) is 11.6. The summed E-state index contributed by atoms with van der Waals surface area (Å²) in [5.41, 5.74) is 0. The largest absolute Gasteiger partial charge is 0.462 e. The molecule has 0 aliphatic rings. The molecule has 0 bridgehead atoms. The molecular weight excluding hydrogens is 1010 g/mol. The molecule has 0 fully saturated rings. The van der Waals surface area contributed by atoms with Crippen molar-refractivity contribution in [3.63, 3.8) is 0 Å². The van der Waals surface area contributed by atoms with Gasteiger partial charge in [-0.1, -0.05) is 379 Å². The first-order chi connectivity index (χ1) is 40.5. The second kappa shape index (κ2) is 71.4. The highest BCUT2D eigenvalue weighted by atomic mass is 16.6. The molecule has 6 nitrogen and oxygen atoms in total. The molecule has 0 radical (unpaired) electrons. The third-order valence-corrected chi connectivity index (χ3v) is 17.2. The first-order valence-electron chi connectivity index (χ1n) is 37.3. The molecule has 0 saturated carbocycles. The highest BCUT2D eigenvalue weighted by molar-refractivity contribution is 5.71. The average molecular weight is 1150 g/mol. The monoisotopic (exact) mass is 1150 g/mol. The normalized spacial score (nSPS) is 12.1. The van der Waals surface area contributed by atoms with E-state index in [0.717, 1.165) is 64.2 Å². The third-order valence-electron chi connectivity index (χ3n) is 17.2. The molecule has 0 heterocycles. The van der Waals surface area contributed by atoms with Crippen molar-refractivity contribution in [3.05, 3.63) is 24.3 Å². The standard InChI is InChI=1S/C76H144O6/c1-4-7-10-13-16-19-22-25-28-31-34-36-37-38-39-41-42-45-48-51-54-57-60-63-66-69-75(78)81-72-73(71-80-74(77)68-65-62-59-56-53-50-47-44-33-30-27-24-21-18-15-12-9-6-3)82-76(79)70-67-64-61-58-55-52-49-46-43-40-35-32-29-26-23-20-17-14-11-8-5-2/h23,26,32,35,73H,4-22,24-25,27-31,33-34,36-72H2,1-3H3/b26-23-,35-32-. The molecule has 6 heteroatoms. The molecule has 0 N–H and O–H groups in total. The van der Waals surface area contributed by atoms with E-state index in [1.807, 2.05) is 0 Å². The summed E-state index contributed by atoms with van der Waals surface area (Å²) < 4.78 is 17.0. The Kier molecular flexibility index (Phi) is 69.5. The third kappa shape index (κ3) is 68.7. The number of carbonyl (C=O) groups is 3. The molecule has 1 atom stereocenters. The topological polar surface area (TPSA) is 78.9 Å². The maximum atomic E-state index is 13.0. The zero-order valence-electron chi connectivity index (χ0n) is 55.8. The van der Waals surface area contributed by atoms with Crippen LogP contribution in [0.25, 0.3) is 0 Å². The van der Waals surface area contributed by atoms with Crippen LogP contribution >= 0.6 is 0 Å². The van der Waals surface area contributed by atoms with Gasteiger partial charge < -0.3 is 14.2 Å². The van der Waals surface area contributed by atoms with Gasteiger partial charge in [0.25, 0.3) is 0 Å². The van der Waals surface area contributed by atoms with Crippen LogP contribution in [0, 0.1) is 0 Å². The van der Waals surface area contributed by atoms with Crippen molar-refractivity contribution in [1.82, 2.24) is 0 Å². The van der Waals surface area contributed by atoms with Gasteiger partial charge >= 0.3 is 17.9 Å². The van der Waals surface area contributed by atoms with Crippen LogP contribution in [-0.2, 0) is 28.6 Å². The summed E-state index contributed by atoms with van der Waals surface area (Å²) >= 11 is 0. The van der Waals surface area contributed by atoms with E-state index in [0.29, 0.717) is 19.3 Å². The average Bonchev–Trinajstić information content (AvgIpc) is 3.47. The van der Waals surface area contributed by atoms with Crippen molar-refractivity contribution < 1.29 is 28.6 Å². The van der Waals surface area contributed by atoms with Crippen LogP contribution in [0.15, 0.2) is 24.3 Å². The molecule has 0 saturated heterocycles. The summed E-state index contributed by atoms with van der Waals surface area (Å²) in [6, 6.07) is 0. The molecule has 0 aliphatic carbocycles. The van der Waals surface area contributed by atoms with Crippen molar-refractivity contribution in [2.24, 2.45) is 0 Å². The van der Waals surface area contributed by atoms with E-state index in [-0.39, 0.29) is 31.1 Å². The van der Waals surface area contributed by atoms with Crippen LogP contribution in [0.5, 0.6) is 0 Å². The Hall–Kier alpha value is -2.11. The van der Waals surface area contributed by atoms with E-state index in [2.05, 4.69) is 45.1 Å². The fourth-order valence-electron chi connectivity index (χ4n) is 11.6. The molecule has 0 aromatic rings. The molecule has 0 amide bonds. The molecule has 1 unspecified atom stereocenters. The Bertz CT molecular complexity index is 1320. The zero-order valence-corrected chi connectivity index (χ0v) is 55.8. The van der Waals surface area contributed by atoms with Gasteiger partial charge in [0, 0.05) is 19.3 Å². The maximum absolute atomic E-state index is 13.0. The summed E-state index contributed by atoms with van der Waals surface area (Å²) in [6.07, 6.45) is 87.9. The number of unbranched alkanes of at least 4 members (excludes halogenated alkanes) is 55. The second-order valence-electron chi connectivity index (χ2n) is 25.6. The second-order valence-corrected chi connectivity index (χ2v) is 25.6. The van der Waals surface area contributed by atoms with Gasteiger partial charge in [-0.25, -0.2) is 0 Å². The number of hydrogen-bond acceptors (Lipinski definition) is 6. The fraction of sp³-hybridized carbons (Fsp3) is 0.908. The van der Waals surface area contributed by atoms with E-state index in [1.165, 1.54) is 321 Å². The van der Waals surface area contributed by atoms with Gasteiger partial charge in [0.15, 0.2) is 6.10 Å². The summed E-state index contributed by atoms with van der Waals surface area (Å²) in [5, 5.41) is 0. The Morgan fingerprint density at radius 1 is 0.244 bits per heavy atom. The maximum Gasteiger partial charge on any atom is 0.306 e. The van der Waals surface area contributed by atoms with Gasteiger partial charge in [0.1, 0.15) is 13.2 Å². The molecule has 484 valence electrons. The lowest BCUT2D eigenvalue weighted by Gasteiger charge is -2.18. The van der Waals surface area contributed by atoms with Gasteiger partial charge in [0.05, 0.1) is 0 Å². The number of esters is 3. The molecule has 0 spiro atoms. The molecule has 0 aromatic heterocycles. The van der Waals surface area contributed by atoms with E-state index >= 15 is 0 Å². The summed E-state index contributed by atoms with van der Waals surface area (Å²) in [4.78, 5) is 38.5. The highest BCUT2D eigenvalue weighted by Gasteiger charge is 2.20. The van der Waals surface area contributed by atoms with Crippen LogP contribution in [0.3, 0.4) is 0 Å². The Labute approximate surface area is 513 Å². The number of ether oxygens (including phenoxy) is 3. The predicted octanol–water partition coefficient (Wildman–Crippen LogP) is 25.7. The van der Waals surface area contributed by atoms with E-state index in [4.69, 9.17) is 14.2 Å². The molecular formula is C76H144O6. The quantitative estimate of drug-likeness (QED) is 0.0261. The van der Waals surface area contributed by atoms with Crippen molar-refractivity contribution in [2.75, 3.05) is 13.2 Å². The SMILES string of the molecule is CCCCCCC/C=C\C/C=C\CCCCCCCCCCCC(=O)OC(COC(=O)CCCCCCCCCCCCCCCCCCCC)COC(=O)CCCCCCCCCCCCCCCCCCCCCCCCCCC. The van der Waals surface area contributed by atoms with Gasteiger partial charge in [-0.05, 0) is 51.4 Å². The minimum absolute atomic E-state index is 0.0660. The first kappa shape index (κ1) is 79.9. The van der Waals surface area contributed by atoms with Crippen LogP contribution in [-0.4, -0.2) is 37.2 Å². The summed E-state index contributed by atoms with van der Waals surface area (Å²) in [7, 11) is 0. The highest BCUT2D eigenvalue weighted by Crippen LogP contribution is 2.19. The Balaban J connectivity index is 4.27. The molecule has 0 rings (SSSR count). The van der Waals surface area contributed by atoms with Crippen molar-refractivity contribution in [3.8, 4) is 0 Å². The summed E-state index contributed by atoms with van der Waals surface area (Å²) in [5.74, 6) is -0.832. The molecule has 0 aromatic carbocycles. The Morgan fingerprint density at radius 3 is 0.671 bits per heavy atom. The number of rotatable bonds is 70. The van der Waals surface area contributed by atoms with Crippen molar-refractivity contribution >= 4 is 17.9 Å². The van der Waals surface area contributed by atoms with Crippen molar-refractivity contribution in [2.45, 2.75) is 431 Å². The van der Waals surface area contributed by atoms with E-state index in [1.54, 1.807) is 0 Å². The minimum atomic E-state index is -0.771. The van der Waals surface area contributed by atoms with Gasteiger partial charge in [-0.3, -0.25) is 14.4 Å². The molecule has 82 heavy (non-hydrogen) atoms. The number of allylic oxidation sites excluding steroid dienone is 4. The van der Waals surface area contributed by atoms with Crippen molar-refractivity contribution in [1.29, 1.82) is 0 Å². The van der Waals surface area contributed by atoms with Crippen LogP contribution in [0.1, 0.15) is 425 Å². The minimum Gasteiger partial charge on any atom is -0.462 e. The first-order valence-corrected chi connectivity index (χ1v) is 37.3. The van der Waals surface area contributed by atoms with E-state index < -0.39 is 6.10 Å². The van der Waals surface area contributed by atoms with Gasteiger partial charge in [-0.15, -0.1) is 0 Å². The van der Waals surface area contributed by atoms with Crippen LogP contribution in [0.4, 0.5) is 0 Å². The summed E-state index contributed by atoms with van der Waals surface area (Å²) in [6.45, 7) is 6.73. The lowest BCUT2D eigenvalue weighted by molar-refractivity contribution is -0.167. The lowest BCUT2D eigenvalue weighted by atomic mass is 10.0. The zero-order chi connectivity index (χ0) is 59.2. The Morgan fingerprint density at radius 2 is 0.439 bits per heavy atom. The van der Waals surface area contributed by atoms with E-state index in [9.17, 15) is 14.4 Å². The predicted molar refractivity (Wildman–Crippen MR) is 358 cm³/mol. The number of hydrogen-bond donors (Lipinski definition) is 0. The van der Waals surface area contributed by atoms with Gasteiger partial charge in [0.2, 0.25) is 0 Å². The smallest absolute Gasteiger partial charge is 0.306 e. The number of carbonyl (C=O) groups excluding carboxylic acids is 3. The van der Waals surface area contributed by atoms with Crippen LogP contribution < -0.4 is 0 Å². The lowest BCUT2D eigenvalue weighted by Crippen LogP contribution is -2.30. The van der Waals surface area contributed by atoms with Crippen LogP contribution in [0.2, 0.25) is 0 Å². The molecule has 0 aliphatic heterocycles. The van der Waals surface area contributed by atoms with Gasteiger partial charge in [-0.2, -0.15) is 0 Å².